The molecule has 3 nitrogen and oxygen atoms in total. The van der Waals surface area contributed by atoms with Crippen LogP contribution in [0.2, 0.25) is 0 Å². The van der Waals surface area contributed by atoms with Crippen LogP contribution in [0.25, 0.3) is 0 Å². The Hall–Kier alpha value is -1.56. The maximum atomic E-state index is 13.3. The van der Waals surface area contributed by atoms with E-state index >= 15 is 0 Å². The first-order chi connectivity index (χ1) is 9.41. The quantitative estimate of drug-likeness (QED) is 0.897. The molecule has 0 aromatic heterocycles. The van der Waals surface area contributed by atoms with Crippen molar-refractivity contribution in [2.24, 2.45) is 11.7 Å². The Morgan fingerprint density at radius 2 is 2.00 bits per heavy atom. The Bertz CT molecular complexity index is 495. The second-order valence-corrected chi connectivity index (χ2v) is 5.13. The highest BCUT2D eigenvalue weighted by Gasteiger charge is 2.37. The summed E-state index contributed by atoms with van der Waals surface area (Å²) in [5.74, 6) is -3.79. The van der Waals surface area contributed by atoms with Gasteiger partial charge in [-0.1, -0.05) is 0 Å². The van der Waals surface area contributed by atoms with Crippen LogP contribution >= 0.6 is 0 Å². The molecule has 1 fully saturated rings. The van der Waals surface area contributed by atoms with E-state index in [1.165, 1.54) is 18.2 Å². The molecular weight excluding hydrogens is 269 g/mol. The van der Waals surface area contributed by atoms with Crippen molar-refractivity contribution in [1.82, 2.24) is 0 Å². The van der Waals surface area contributed by atoms with Crippen molar-refractivity contribution in [3.05, 3.63) is 29.6 Å². The van der Waals surface area contributed by atoms with Gasteiger partial charge in [0.25, 0.3) is 0 Å². The number of carbonyl (C=O) groups excluding carboxylic acids is 1. The van der Waals surface area contributed by atoms with Gasteiger partial charge in [0.1, 0.15) is 5.82 Å². The summed E-state index contributed by atoms with van der Waals surface area (Å²) in [5, 5.41) is 2.63. The predicted molar refractivity (Wildman–Crippen MR) is 69.8 cm³/mol. The second kappa shape index (κ2) is 5.83. The first-order valence-electron chi connectivity index (χ1n) is 6.58. The van der Waals surface area contributed by atoms with Crippen molar-refractivity contribution in [3.63, 3.8) is 0 Å². The number of benzene rings is 1. The summed E-state index contributed by atoms with van der Waals surface area (Å²) in [5.41, 5.74) is 6.13. The number of rotatable bonds is 3. The highest BCUT2D eigenvalue weighted by atomic mass is 19.3. The Labute approximate surface area is 115 Å². The summed E-state index contributed by atoms with van der Waals surface area (Å²) in [4.78, 5) is 12.0. The van der Waals surface area contributed by atoms with E-state index in [1.54, 1.807) is 0 Å². The number of anilines is 1. The smallest absolute Gasteiger partial charge is 0.248 e. The molecule has 3 N–H and O–H groups in total. The molecule has 0 radical (unpaired) electrons. The lowest BCUT2D eigenvalue weighted by atomic mass is 9.86. The molecule has 0 atom stereocenters. The largest absolute Gasteiger partial charge is 0.326 e. The lowest BCUT2D eigenvalue weighted by Gasteiger charge is -2.27. The molecule has 1 aliphatic rings. The molecule has 0 aliphatic heterocycles. The summed E-state index contributed by atoms with van der Waals surface area (Å²) >= 11 is 0. The average molecular weight is 286 g/mol. The molecule has 1 amide bonds. The summed E-state index contributed by atoms with van der Waals surface area (Å²) in [6, 6.07) is 4.13. The highest BCUT2D eigenvalue weighted by molar-refractivity contribution is 5.92. The zero-order valence-corrected chi connectivity index (χ0v) is 11.0. The third kappa shape index (κ3) is 3.50. The predicted octanol–water partition coefficient (Wildman–Crippen LogP) is 3.05. The molecule has 0 unspecified atom stereocenters. The standard InChI is InChI=1S/C14H17F3N2O/c15-12-2-1-11(7-10(12)8-18)19-13(20)9-3-5-14(16,17)6-4-9/h1-2,7,9H,3-6,8,18H2,(H,19,20). The minimum Gasteiger partial charge on any atom is -0.326 e. The van der Waals surface area contributed by atoms with E-state index in [0.29, 0.717) is 11.3 Å². The Morgan fingerprint density at radius 1 is 1.35 bits per heavy atom. The molecular formula is C14H17F3N2O. The maximum Gasteiger partial charge on any atom is 0.248 e. The SMILES string of the molecule is NCc1cc(NC(=O)C2CCC(F)(F)CC2)ccc1F. The molecule has 6 heteroatoms. The minimum absolute atomic E-state index is 0.0329. The molecule has 2 rings (SSSR count). The van der Waals surface area contributed by atoms with Crippen molar-refractivity contribution < 1.29 is 18.0 Å². The topological polar surface area (TPSA) is 55.1 Å². The van der Waals surface area contributed by atoms with Gasteiger partial charge >= 0.3 is 0 Å². The van der Waals surface area contributed by atoms with E-state index < -0.39 is 17.7 Å². The van der Waals surface area contributed by atoms with E-state index in [2.05, 4.69) is 5.32 Å². The highest BCUT2D eigenvalue weighted by Crippen LogP contribution is 2.36. The number of hydrogen-bond acceptors (Lipinski definition) is 2. The van der Waals surface area contributed by atoms with Crippen molar-refractivity contribution in [2.75, 3.05) is 5.32 Å². The minimum atomic E-state index is -2.65. The van der Waals surface area contributed by atoms with Crippen LogP contribution in [-0.4, -0.2) is 11.8 Å². The molecule has 1 aliphatic carbocycles. The average Bonchev–Trinajstić information content (AvgIpc) is 2.40. The van der Waals surface area contributed by atoms with Gasteiger partial charge in [-0.2, -0.15) is 0 Å². The van der Waals surface area contributed by atoms with Crippen molar-refractivity contribution >= 4 is 11.6 Å². The van der Waals surface area contributed by atoms with Crippen molar-refractivity contribution in [3.8, 4) is 0 Å². The lowest BCUT2D eigenvalue weighted by molar-refractivity contribution is -0.124. The van der Waals surface area contributed by atoms with Crippen molar-refractivity contribution in [2.45, 2.75) is 38.2 Å². The van der Waals surface area contributed by atoms with Crippen molar-refractivity contribution in [1.29, 1.82) is 0 Å². The number of alkyl halides is 2. The van der Waals surface area contributed by atoms with Gasteiger partial charge in [0.2, 0.25) is 11.8 Å². The first kappa shape index (κ1) is 14.8. The zero-order valence-electron chi connectivity index (χ0n) is 11.0. The third-order valence-corrected chi connectivity index (χ3v) is 3.62. The van der Waals surface area contributed by atoms with Crippen LogP contribution in [-0.2, 0) is 11.3 Å². The first-order valence-corrected chi connectivity index (χ1v) is 6.58. The zero-order chi connectivity index (χ0) is 14.8. The summed E-state index contributed by atoms with van der Waals surface area (Å²) in [6.07, 6.45) is -0.182. The number of carbonyl (C=O) groups is 1. The Kier molecular flexibility index (Phi) is 4.32. The van der Waals surface area contributed by atoms with Gasteiger partial charge in [0.05, 0.1) is 0 Å². The molecule has 0 saturated heterocycles. The molecule has 110 valence electrons. The van der Waals surface area contributed by atoms with Crippen LogP contribution in [0, 0.1) is 11.7 Å². The van der Waals surface area contributed by atoms with Gasteiger partial charge in [0.15, 0.2) is 0 Å². The second-order valence-electron chi connectivity index (χ2n) is 5.13. The number of halogens is 3. The van der Waals surface area contributed by atoms with E-state index in [9.17, 15) is 18.0 Å². The molecule has 1 saturated carbocycles. The number of nitrogens with one attached hydrogen (secondary N) is 1. The van der Waals surface area contributed by atoms with Crippen LogP contribution < -0.4 is 11.1 Å². The molecule has 0 heterocycles. The van der Waals surface area contributed by atoms with Crippen LogP contribution in [0.15, 0.2) is 18.2 Å². The fraction of sp³-hybridized carbons (Fsp3) is 0.500. The third-order valence-electron chi connectivity index (χ3n) is 3.62. The summed E-state index contributed by atoms with van der Waals surface area (Å²) in [6.45, 7) is 0.0329. The molecule has 20 heavy (non-hydrogen) atoms. The molecule has 1 aromatic rings. The monoisotopic (exact) mass is 286 g/mol. The Balaban J connectivity index is 1.98. The summed E-state index contributed by atoms with van der Waals surface area (Å²) < 4.78 is 39.3. The van der Waals surface area contributed by atoms with Crippen LogP contribution in [0.5, 0.6) is 0 Å². The van der Waals surface area contributed by atoms with Gasteiger partial charge in [-0.15, -0.1) is 0 Å². The molecule has 1 aromatic carbocycles. The molecule has 0 bridgehead atoms. The molecule has 0 spiro atoms. The lowest BCUT2D eigenvalue weighted by Crippen LogP contribution is -2.31. The van der Waals surface area contributed by atoms with E-state index in [0.717, 1.165) is 0 Å². The van der Waals surface area contributed by atoms with E-state index in [4.69, 9.17) is 5.73 Å². The van der Waals surface area contributed by atoms with Gasteiger partial charge in [-0.3, -0.25) is 4.79 Å². The van der Waals surface area contributed by atoms with Crippen LogP contribution in [0.1, 0.15) is 31.2 Å². The normalized spacial score (nSPS) is 18.8. The maximum absolute atomic E-state index is 13.3. The van der Waals surface area contributed by atoms with E-state index in [-0.39, 0.29) is 38.1 Å². The fourth-order valence-electron chi connectivity index (χ4n) is 2.36. The van der Waals surface area contributed by atoms with Crippen LogP contribution in [0.4, 0.5) is 18.9 Å². The number of hydrogen-bond donors (Lipinski definition) is 2. The van der Waals surface area contributed by atoms with Gasteiger partial charge in [-0.05, 0) is 31.0 Å². The fourth-order valence-corrected chi connectivity index (χ4v) is 2.36. The van der Waals surface area contributed by atoms with Gasteiger partial charge < -0.3 is 11.1 Å². The number of amides is 1. The van der Waals surface area contributed by atoms with Crippen LogP contribution in [0.3, 0.4) is 0 Å². The van der Waals surface area contributed by atoms with Gasteiger partial charge in [-0.25, -0.2) is 13.2 Å². The number of nitrogens with two attached hydrogens (primary N) is 1. The van der Waals surface area contributed by atoms with E-state index in [1.807, 2.05) is 0 Å². The van der Waals surface area contributed by atoms with Gasteiger partial charge in [0, 0.05) is 36.6 Å². The summed E-state index contributed by atoms with van der Waals surface area (Å²) in [7, 11) is 0. The Morgan fingerprint density at radius 3 is 2.60 bits per heavy atom.